The van der Waals surface area contributed by atoms with Crippen molar-refractivity contribution in [1.29, 1.82) is 5.26 Å². The van der Waals surface area contributed by atoms with Crippen molar-refractivity contribution in [3.05, 3.63) is 24.2 Å². The number of alkyl carbamates (subject to hydrolysis) is 1. The Bertz CT molecular complexity index is 1450. The molecule has 4 N–H and O–H groups in total. The molecule has 0 bridgehead atoms. The number of fused-ring (bicyclic) bond motifs is 1. The van der Waals surface area contributed by atoms with Crippen LogP contribution in [0.25, 0.3) is 5.52 Å². The van der Waals surface area contributed by atoms with E-state index in [1.807, 2.05) is 6.07 Å². The van der Waals surface area contributed by atoms with E-state index in [1.165, 1.54) is 16.9 Å². The van der Waals surface area contributed by atoms with Gasteiger partial charge in [0.25, 0.3) is 0 Å². The lowest BCUT2D eigenvalue weighted by Gasteiger charge is -2.32. The SMILES string of the molecule is CC(C)(C)OC(=O)N[C@@H](C(=O)O[C@H]1[C@@H](O)[C@](C#N)(c2ccc3c(N)ncnn23)O[C@@H]1COC(=O)CC1CCCCCC1)C(C)(C)C. The number of aromatic nitrogens is 3. The summed E-state index contributed by atoms with van der Waals surface area (Å²) < 4.78 is 24.3. The molecular formula is C32H46N6O8. The largest absolute Gasteiger partial charge is 0.463 e. The Morgan fingerprint density at radius 3 is 2.46 bits per heavy atom. The molecule has 46 heavy (non-hydrogen) atoms. The number of amides is 1. The first-order valence-electron chi connectivity index (χ1n) is 15.8. The second kappa shape index (κ2) is 13.8. The molecule has 3 heterocycles. The van der Waals surface area contributed by atoms with Gasteiger partial charge >= 0.3 is 18.0 Å². The third-order valence-corrected chi connectivity index (χ3v) is 8.31. The van der Waals surface area contributed by atoms with Crippen molar-refractivity contribution >= 4 is 29.4 Å². The highest BCUT2D eigenvalue weighted by atomic mass is 16.6. The first-order valence-corrected chi connectivity index (χ1v) is 15.8. The molecule has 4 rings (SSSR count). The van der Waals surface area contributed by atoms with Crippen LogP contribution in [0, 0.1) is 22.7 Å². The highest BCUT2D eigenvalue weighted by Crippen LogP contribution is 2.42. The van der Waals surface area contributed by atoms with E-state index in [9.17, 15) is 24.8 Å². The summed E-state index contributed by atoms with van der Waals surface area (Å²) in [6, 6.07) is 3.90. The topological polar surface area (TPSA) is 200 Å². The van der Waals surface area contributed by atoms with Crippen LogP contribution in [-0.2, 0) is 34.1 Å². The normalized spacial score (nSPS) is 24.9. The van der Waals surface area contributed by atoms with Crippen LogP contribution in [-0.4, -0.2) is 74.3 Å². The number of aliphatic hydroxyl groups excluding tert-OH is 1. The van der Waals surface area contributed by atoms with Crippen molar-refractivity contribution < 1.29 is 38.4 Å². The summed E-state index contributed by atoms with van der Waals surface area (Å²) in [5.74, 6) is -1.01. The lowest BCUT2D eigenvalue weighted by atomic mass is 9.86. The zero-order valence-electron chi connectivity index (χ0n) is 27.4. The van der Waals surface area contributed by atoms with Crippen LogP contribution in [0.5, 0.6) is 0 Å². The maximum absolute atomic E-state index is 13.7. The lowest BCUT2D eigenvalue weighted by molar-refractivity contribution is -0.164. The fourth-order valence-corrected chi connectivity index (χ4v) is 5.97. The Morgan fingerprint density at radius 2 is 1.85 bits per heavy atom. The molecule has 2 fully saturated rings. The van der Waals surface area contributed by atoms with E-state index in [2.05, 4.69) is 15.4 Å². The van der Waals surface area contributed by atoms with Gasteiger partial charge < -0.3 is 35.1 Å². The van der Waals surface area contributed by atoms with Crippen molar-refractivity contribution in [1.82, 2.24) is 19.9 Å². The molecule has 1 saturated carbocycles. The molecule has 0 aromatic carbocycles. The second-order valence-corrected chi connectivity index (χ2v) is 14.2. The average Bonchev–Trinajstić information content (AvgIpc) is 3.39. The predicted molar refractivity (Wildman–Crippen MR) is 165 cm³/mol. The van der Waals surface area contributed by atoms with Crippen LogP contribution < -0.4 is 11.1 Å². The molecule has 1 aliphatic heterocycles. The monoisotopic (exact) mass is 642 g/mol. The van der Waals surface area contributed by atoms with Gasteiger partial charge in [0.1, 0.15) is 48.4 Å². The Morgan fingerprint density at radius 1 is 1.17 bits per heavy atom. The van der Waals surface area contributed by atoms with E-state index in [0.29, 0.717) is 5.52 Å². The highest BCUT2D eigenvalue weighted by Gasteiger charge is 2.60. The lowest BCUT2D eigenvalue weighted by Crippen LogP contribution is -2.53. The van der Waals surface area contributed by atoms with Crippen molar-refractivity contribution in [2.75, 3.05) is 12.3 Å². The van der Waals surface area contributed by atoms with Crippen molar-refractivity contribution in [2.45, 2.75) is 122 Å². The number of carbonyl (C=O) groups is 3. The van der Waals surface area contributed by atoms with E-state index < -0.39 is 65.6 Å². The van der Waals surface area contributed by atoms with E-state index in [1.54, 1.807) is 47.6 Å². The Balaban J connectivity index is 1.62. The Labute approximate surface area is 268 Å². The first kappa shape index (κ1) is 34.9. The molecule has 14 nitrogen and oxygen atoms in total. The van der Waals surface area contributed by atoms with Crippen LogP contribution in [0.3, 0.4) is 0 Å². The molecule has 0 spiro atoms. The summed E-state index contributed by atoms with van der Waals surface area (Å²) in [6.07, 6.45) is 2.40. The van der Waals surface area contributed by atoms with Gasteiger partial charge in [-0.15, -0.1) is 0 Å². The molecule has 1 amide bonds. The summed E-state index contributed by atoms with van der Waals surface area (Å²) in [4.78, 5) is 43.3. The number of aliphatic hydroxyl groups is 1. The Kier molecular flexibility index (Phi) is 10.5. The molecular weight excluding hydrogens is 596 g/mol. The minimum Gasteiger partial charge on any atom is -0.463 e. The molecule has 0 unspecified atom stereocenters. The first-order chi connectivity index (χ1) is 21.6. The van der Waals surface area contributed by atoms with Crippen LogP contribution in [0.2, 0.25) is 0 Å². The van der Waals surface area contributed by atoms with Gasteiger partial charge in [-0.25, -0.2) is 19.1 Å². The van der Waals surface area contributed by atoms with Crippen molar-refractivity contribution in [2.24, 2.45) is 11.3 Å². The number of ether oxygens (including phenoxy) is 4. The molecule has 1 saturated heterocycles. The van der Waals surface area contributed by atoms with Crippen molar-refractivity contribution in [3.63, 3.8) is 0 Å². The van der Waals surface area contributed by atoms with Crippen LogP contribution >= 0.6 is 0 Å². The van der Waals surface area contributed by atoms with Gasteiger partial charge in [-0.3, -0.25) is 4.79 Å². The predicted octanol–water partition coefficient (Wildman–Crippen LogP) is 3.54. The number of anilines is 1. The van der Waals surface area contributed by atoms with E-state index >= 15 is 0 Å². The summed E-state index contributed by atoms with van der Waals surface area (Å²) in [5, 5.41) is 29.0. The number of esters is 2. The molecule has 2 aromatic rings. The summed E-state index contributed by atoms with van der Waals surface area (Å²) in [6.45, 7) is 9.84. The zero-order valence-corrected chi connectivity index (χ0v) is 27.4. The fourth-order valence-electron chi connectivity index (χ4n) is 5.97. The number of rotatable bonds is 8. The highest BCUT2D eigenvalue weighted by molar-refractivity contribution is 5.82. The van der Waals surface area contributed by atoms with E-state index in [4.69, 9.17) is 24.7 Å². The smallest absolute Gasteiger partial charge is 0.408 e. The third-order valence-electron chi connectivity index (χ3n) is 8.31. The van der Waals surface area contributed by atoms with E-state index in [0.717, 1.165) is 38.5 Å². The minimum absolute atomic E-state index is 0.110. The standard InChI is InChI=1S/C32H46N6O8/c1-30(2,3)25(37-29(42)46-31(4,5)6)28(41)44-24-21(16-43-23(39)15-19-11-9-7-8-10-12-19)45-32(17-33,26(24)40)22-14-13-20-27(34)35-18-36-38(20)22/h13-14,18-19,21,24-26,40H,7-12,15-16H2,1-6H3,(H,37,42)(H2,34,35,36)/t21-,24-,25+,26-,32+/m1/s1. The number of nitrogens with one attached hydrogen (secondary N) is 1. The van der Waals surface area contributed by atoms with Gasteiger partial charge in [-0.05, 0) is 57.1 Å². The van der Waals surface area contributed by atoms with Gasteiger partial charge in [0.2, 0.25) is 5.60 Å². The average molecular weight is 643 g/mol. The van der Waals surface area contributed by atoms with Crippen molar-refractivity contribution in [3.8, 4) is 6.07 Å². The summed E-state index contributed by atoms with van der Waals surface area (Å²) in [7, 11) is 0. The number of nitrogens with two attached hydrogens (primary N) is 1. The van der Waals surface area contributed by atoms with Crippen LogP contribution in [0.4, 0.5) is 10.6 Å². The maximum Gasteiger partial charge on any atom is 0.408 e. The molecule has 14 heteroatoms. The molecule has 0 radical (unpaired) electrons. The van der Waals surface area contributed by atoms with Crippen LogP contribution in [0.1, 0.15) is 92.2 Å². The quantitative estimate of drug-likeness (QED) is 0.215. The van der Waals surface area contributed by atoms with Gasteiger partial charge in [0.05, 0.1) is 5.69 Å². The van der Waals surface area contributed by atoms with Gasteiger partial charge in [0.15, 0.2) is 11.9 Å². The zero-order chi connectivity index (χ0) is 33.9. The number of carbonyl (C=O) groups excluding carboxylic acids is 3. The fraction of sp³-hybridized carbons (Fsp3) is 0.688. The molecule has 252 valence electrons. The van der Waals surface area contributed by atoms with Gasteiger partial charge in [0, 0.05) is 6.42 Å². The molecule has 5 atom stereocenters. The molecule has 2 aliphatic rings. The maximum atomic E-state index is 13.7. The number of nitrogens with zero attached hydrogens (tertiary/aromatic N) is 4. The summed E-state index contributed by atoms with van der Waals surface area (Å²) >= 11 is 0. The Hall–Kier alpha value is -3.96. The number of nitrogen functional groups attached to an aromatic ring is 1. The number of hydrogen-bond acceptors (Lipinski definition) is 12. The molecule has 1 aliphatic carbocycles. The number of nitriles is 1. The minimum atomic E-state index is -2.10. The molecule has 2 aromatic heterocycles. The van der Waals surface area contributed by atoms with Gasteiger partial charge in [-0.2, -0.15) is 10.4 Å². The summed E-state index contributed by atoms with van der Waals surface area (Å²) in [5.41, 5.74) is 2.70. The second-order valence-electron chi connectivity index (χ2n) is 14.2. The van der Waals surface area contributed by atoms with Gasteiger partial charge in [-0.1, -0.05) is 46.5 Å². The van der Waals surface area contributed by atoms with Crippen LogP contribution in [0.15, 0.2) is 18.5 Å². The van der Waals surface area contributed by atoms with E-state index in [-0.39, 0.29) is 23.9 Å². The third kappa shape index (κ3) is 7.87. The number of hydrogen-bond donors (Lipinski definition) is 3.